The van der Waals surface area contributed by atoms with Crippen LogP contribution in [0.4, 0.5) is 16.4 Å². The topological polar surface area (TPSA) is 125 Å². The minimum Gasteiger partial charge on any atom is -0.322 e. The van der Waals surface area contributed by atoms with E-state index in [0.29, 0.717) is 27.7 Å². The second-order valence-corrected chi connectivity index (χ2v) is 11.4. The van der Waals surface area contributed by atoms with Crippen molar-refractivity contribution in [3.63, 3.8) is 0 Å². The van der Waals surface area contributed by atoms with Crippen molar-refractivity contribution in [1.82, 2.24) is 0 Å². The predicted octanol–water partition coefficient (Wildman–Crippen LogP) is 6.78. The standard InChI is InChI=1S/C30H24N4O4S2/c31-17-26-25-14-11-21(19-5-2-1-3-6-19)15-27(25)40-30(26)33-28(35)18-39-24-8-4-7-22(16-24)32-29(36)20-9-12-23(13-10-20)34(37)38/h1-10,12-13,16,21H,11,14-15,18H2,(H,32,36)(H,33,35). The summed E-state index contributed by atoms with van der Waals surface area (Å²) in [4.78, 5) is 37.6. The molecule has 1 aliphatic rings. The highest BCUT2D eigenvalue weighted by Crippen LogP contribution is 2.42. The maximum Gasteiger partial charge on any atom is 0.269 e. The van der Waals surface area contributed by atoms with Crippen molar-refractivity contribution in [2.45, 2.75) is 30.1 Å². The molecule has 1 atom stereocenters. The molecule has 0 aliphatic heterocycles. The largest absolute Gasteiger partial charge is 0.322 e. The fraction of sp³-hybridized carbons (Fsp3) is 0.167. The summed E-state index contributed by atoms with van der Waals surface area (Å²) < 4.78 is 0. The number of hydrogen-bond donors (Lipinski definition) is 2. The van der Waals surface area contributed by atoms with E-state index in [1.165, 1.54) is 52.9 Å². The molecule has 0 fully saturated rings. The van der Waals surface area contributed by atoms with Crippen molar-refractivity contribution in [2.75, 3.05) is 16.4 Å². The number of nitriles is 1. The number of hydrogen-bond acceptors (Lipinski definition) is 7. The summed E-state index contributed by atoms with van der Waals surface area (Å²) in [5.41, 5.74) is 3.67. The molecule has 200 valence electrons. The molecule has 4 aromatic rings. The average molecular weight is 569 g/mol. The number of thioether (sulfide) groups is 1. The number of carbonyl (C=O) groups excluding carboxylic acids is 2. The fourth-order valence-electron chi connectivity index (χ4n) is 4.72. The van der Waals surface area contributed by atoms with Gasteiger partial charge in [-0.3, -0.25) is 19.7 Å². The van der Waals surface area contributed by atoms with Gasteiger partial charge in [0.2, 0.25) is 5.91 Å². The van der Waals surface area contributed by atoms with Gasteiger partial charge in [0.15, 0.2) is 0 Å². The number of nitrogens with zero attached hydrogens (tertiary/aromatic N) is 2. The lowest BCUT2D eigenvalue weighted by Gasteiger charge is -2.22. The second kappa shape index (κ2) is 12.2. The van der Waals surface area contributed by atoms with Crippen molar-refractivity contribution in [3.05, 3.63) is 116 Å². The monoisotopic (exact) mass is 568 g/mol. The quantitative estimate of drug-likeness (QED) is 0.137. The Kier molecular flexibility index (Phi) is 8.24. The van der Waals surface area contributed by atoms with Gasteiger partial charge in [-0.2, -0.15) is 5.26 Å². The molecule has 3 aromatic carbocycles. The van der Waals surface area contributed by atoms with Gasteiger partial charge in [0.25, 0.3) is 11.6 Å². The van der Waals surface area contributed by atoms with Gasteiger partial charge < -0.3 is 10.6 Å². The van der Waals surface area contributed by atoms with E-state index in [1.54, 1.807) is 18.2 Å². The first-order chi connectivity index (χ1) is 19.4. The number of fused-ring (bicyclic) bond motifs is 1. The number of thiophene rings is 1. The lowest BCUT2D eigenvalue weighted by atomic mass is 9.83. The Bertz CT molecular complexity index is 1610. The lowest BCUT2D eigenvalue weighted by Crippen LogP contribution is -2.14. The molecule has 2 N–H and O–H groups in total. The number of carbonyl (C=O) groups is 2. The Balaban J connectivity index is 1.19. The van der Waals surface area contributed by atoms with Crippen LogP contribution in [0.1, 0.15) is 44.3 Å². The summed E-state index contributed by atoms with van der Waals surface area (Å²) in [5, 5.41) is 27.0. The zero-order valence-electron chi connectivity index (χ0n) is 21.3. The SMILES string of the molecule is N#Cc1c(NC(=O)CSc2cccc(NC(=O)c3ccc([N+](=O)[O-])cc3)c2)sc2c1CCC(c1ccccc1)C2. The highest BCUT2D eigenvalue weighted by Gasteiger charge is 2.27. The molecule has 0 bridgehead atoms. The number of nitro groups is 1. The number of benzene rings is 3. The van der Waals surface area contributed by atoms with Crippen LogP contribution in [0.2, 0.25) is 0 Å². The number of anilines is 2. The molecule has 5 rings (SSSR count). The van der Waals surface area contributed by atoms with E-state index in [9.17, 15) is 25.0 Å². The summed E-state index contributed by atoms with van der Waals surface area (Å²) in [5.74, 6) is -0.0546. The minimum atomic E-state index is -0.520. The van der Waals surface area contributed by atoms with Crippen LogP contribution in [0.25, 0.3) is 0 Å². The number of amides is 2. The van der Waals surface area contributed by atoms with Crippen molar-refractivity contribution >= 4 is 51.3 Å². The number of rotatable bonds is 8. The summed E-state index contributed by atoms with van der Waals surface area (Å²) in [6.45, 7) is 0. The molecule has 1 aromatic heterocycles. The summed E-state index contributed by atoms with van der Waals surface area (Å²) in [6, 6.07) is 25.2. The third-order valence-corrected chi connectivity index (χ3v) is 8.87. The Hall–Kier alpha value is -4.46. The Morgan fingerprint density at radius 3 is 2.55 bits per heavy atom. The first kappa shape index (κ1) is 27.1. The molecule has 40 heavy (non-hydrogen) atoms. The van der Waals surface area contributed by atoms with Crippen LogP contribution < -0.4 is 10.6 Å². The van der Waals surface area contributed by atoms with Crippen LogP contribution in [0, 0.1) is 21.4 Å². The molecule has 8 nitrogen and oxygen atoms in total. The van der Waals surface area contributed by atoms with Gasteiger partial charge in [-0.25, -0.2) is 0 Å². The van der Waals surface area contributed by atoms with E-state index in [-0.39, 0.29) is 17.3 Å². The Morgan fingerprint density at radius 1 is 1.05 bits per heavy atom. The van der Waals surface area contributed by atoms with E-state index in [1.807, 2.05) is 24.3 Å². The summed E-state index contributed by atoms with van der Waals surface area (Å²) in [7, 11) is 0. The molecule has 0 radical (unpaired) electrons. The van der Waals surface area contributed by atoms with Crippen LogP contribution >= 0.6 is 23.1 Å². The molecule has 0 saturated heterocycles. The molecule has 0 spiro atoms. The van der Waals surface area contributed by atoms with Crippen molar-refractivity contribution < 1.29 is 14.5 Å². The lowest BCUT2D eigenvalue weighted by molar-refractivity contribution is -0.384. The van der Waals surface area contributed by atoms with Gasteiger partial charge in [0, 0.05) is 33.2 Å². The van der Waals surface area contributed by atoms with E-state index < -0.39 is 10.8 Å². The third kappa shape index (κ3) is 6.22. The molecule has 10 heteroatoms. The third-order valence-electron chi connectivity index (χ3n) is 6.70. The molecular weight excluding hydrogens is 544 g/mol. The molecule has 2 amide bonds. The highest BCUT2D eigenvalue weighted by atomic mass is 32.2. The minimum absolute atomic E-state index is 0.0887. The van der Waals surface area contributed by atoms with E-state index >= 15 is 0 Å². The zero-order valence-corrected chi connectivity index (χ0v) is 22.9. The van der Waals surface area contributed by atoms with Crippen LogP contribution in [0.5, 0.6) is 0 Å². The smallest absolute Gasteiger partial charge is 0.269 e. The Morgan fingerprint density at radius 2 is 1.82 bits per heavy atom. The molecule has 1 heterocycles. The summed E-state index contributed by atoms with van der Waals surface area (Å²) in [6.07, 6.45) is 2.65. The van der Waals surface area contributed by atoms with Crippen LogP contribution in [-0.2, 0) is 17.6 Å². The predicted molar refractivity (Wildman–Crippen MR) is 157 cm³/mol. The molecule has 1 aliphatic carbocycles. The average Bonchev–Trinajstić information content (AvgIpc) is 3.32. The van der Waals surface area contributed by atoms with Gasteiger partial charge in [-0.15, -0.1) is 23.1 Å². The van der Waals surface area contributed by atoms with Gasteiger partial charge in [0.1, 0.15) is 11.1 Å². The molecule has 0 saturated carbocycles. The van der Waals surface area contributed by atoms with E-state index in [0.717, 1.165) is 34.6 Å². The number of nitrogens with one attached hydrogen (secondary N) is 2. The number of non-ortho nitro benzene ring substituents is 1. The maximum absolute atomic E-state index is 12.8. The van der Waals surface area contributed by atoms with E-state index in [2.05, 4.69) is 28.8 Å². The second-order valence-electron chi connectivity index (χ2n) is 9.29. The van der Waals surface area contributed by atoms with Crippen LogP contribution in [-0.4, -0.2) is 22.5 Å². The molecular formula is C30H24N4O4S2. The maximum atomic E-state index is 12.8. The Labute approximate surface area is 239 Å². The first-order valence-corrected chi connectivity index (χ1v) is 14.4. The van der Waals surface area contributed by atoms with Gasteiger partial charge in [-0.1, -0.05) is 36.4 Å². The first-order valence-electron chi connectivity index (χ1n) is 12.6. The van der Waals surface area contributed by atoms with Gasteiger partial charge in [0.05, 0.1) is 16.2 Å². The fourth-order valence-corrected chi connectivity index (χ4v) is 6.76. The zero-order chi connectivity index (χ0) is 28.1. The van der Waals surface area contributed by atoms with Crippen molar-refractivity contribution in [1.29, 1.82) is 5.26 Å². The molecule has 1 unspecified atom stereocenters. The van der Waals surface area contributed by atoms with Gasteiger partial charge in [-0.05, 0) is 66.6 Å². The van der Waals surface area contributed by atoms with Crippen molar-refractivity contribution in [3.8, 4) is 6.07 Å². The highest BCUT2D eigenvalue weighted by molar-refractivity contribution is 8.00. The van der Waals surface area contributed by atoms with E-state index in [4.69, 9.17) is 0 Å². The normalized spacial score (nSPS) is 14.0. The van der Waals surface area contributed by atoms with Crippen LogP contribution in [0.3, 0.4) is 0 Å². The van der Waals surface area contributed by atoms with Crippen LogP contribution in [0.15, 0.2) is 83.8 Å². The van der Waals surface area contributed by atoms with Gasteiger partial charge >= 0.3 is 0 Å². The number of nitro benzene ring substituents is 1. The summed E-state index contributed by atoms with van der Waals surface area (Å²) >= 11 is 2.82. The van der Waals surface area contributed by atoms with Crippen molar-refractivity contribution in [2.24, 2.45) is 0 Å².